The normalized spacial score (nSPS) is 31.2. The maximum Gasteiger partial charge on any atom is 0.321 e. The summed E-state index contributed by atoms with van der Waals surface area (Å²) in [5, 5.41) is 9.40. The molecule has 0 aromatic heterocycles. The highest BCUT2D eigenvalue weighted by atomic mass is 16.4. The second-order valence-electron chi connectivity index (χ2n) is 6.71. The van der Waals surface area contributed by atoms with E-state index in [1.807, 2.05) is 0 Å². The van der Waals surface area contributed by atoms with Gasteiger partial charge in [0, 0.05) is 12.6 Å². The van der Waals surface area contributed by atoms with E-state index in [0.29, 0.717) is 12.0 Å². The third-order valence-electron chi connectivity index (χ3n) is 4.64. The standard InChI is InChI=1S/C15H28N2O2/c1-11(2)10-16-7-5-13(6-8-16)17-9-4-12(3)14(17)15(18)19/h11-14H,4-10H2,1-3H3,(H,18,19). The van der Waals surface area contributed by atoms with Crippen LogP contribution in [0.1, 0.15) is 40.0 Å². The number of aliphatic carboxylic acids is 1. The molecule has 2 aliphatic rings. The molecule has 2 unspecified atom stereocenters. The Morgan fingerprint density at radius 2 is 1.84 bits per heavy atom. The van der Waals surface area contributed by atoms with E-state index in [2.05, 4.69) is 30.6 Å². The number of likely N-dealkylation sites (tertiary alicyclic amines) is 2. The molecule has 2 saturated heterocycles. The van der Waals surface area contributed by atoms with Gasteiger partial charge >= 0.3 is 5.97 Å². The Hall–Kier alpha value is -0.610. The molecular weight excluding hydrogens is 240 g/mol. The van der Waals surface area contributed by atoms with Crippen LogP contribution in [0.4, 0.5) is 0 Å². The van der Waals surface area contributed by atoms with Gasteiger partial charge in [-0.25, -0.2) is 0 Å². The van der Waals surface area contributed by atoms with Gasteiger partial charge in [0.2, 0.25) is 0 Å². The van der Waals surface area contributed by atoms with E-state index >= 15 is 0 Å². The zero-order chi connectivity index (χ0) is 14.0. The van der Waals surface area contributed by atoms with Gasteiger partial charge in [0.25, 0.3) is 0 Å². The quantitative estimate of drug-likeness (QED) is 0.846. The summed E-state index contributed by atoms with van der Waals surface area (Å²) < 4.78 is 0. The van der Waals surface area contributed by atoms with Crippen LogP contribution in [0.3, 0.4) is 0 Å². The van der Waals surface area contributed by atoms with Gasteiger partial charge in [-0.15, -0.1) is 0 Å². The first kappa shape index (κ1) is 14.8. The maximum absolute atomic E-state index is 11.4. The molecular formula is C15H28N2O2. The summed E-state index contributed by atoms with van der Waals surface area (Å²) in [6.45, 7) is 11.0. The summed E-state index contributed by atoms with van der Waals surface area (Å²) in [6.07, 6.45) is 3.29. The van der Waals surface area contributed by atoms with Crippen LogP contribution < -0.4 is 0 Å². The second-order valence-corrected chi connectivity index (χ2v) is 6.71. The van der Waals surface area contributed by atoms with Crippen molar-refractivity contribution in [3.05, 3.63) is 0 Å². The second kappa shape index (κ2) is 6.23. The largest absolute Gasteiger partial charge is 0.480 e. The Morgan fingerprint density at radius 3 is 2.37 bits per heavy atom. The molecule has 0 aliphatic carbocycles. The van der Waals surface area contributed by atoms with E-state index in [0.717, 1.165) is 44.8 Å². The van der Waals surface area contributed by atoms with Crippen molar-refractivity contribution >= 4 is 5.97 Å². The average Bonchev–Trinajstić information content (AvgIpc) is 2.71. The first-order valence-electron chi connectivity index (χ1n) is 7.70. The highest BCUT2D eigenvalue weighted by molar-refractivity contribution is 5.74. The predicted molar refractivity (Wildman–Crippen MR) is 76.2 cm³/mol. The fraction of sp³-hybridized carbons (Fsp3) is 0.933. The van der Waals surface area contributed by atoms with E-state index < -0.39 is 5.97 Å². The van der Waals surface area contributed by atoms with Crippen molar-refractivity contribution in [3.63, 3.8) is 0 Å². The summed E-state index contributed by atoms with van der Waals surface area (Å²) >= 11 is 0. The third kappa shape index (κ3) is 3.48. The zero-order valence-electron chi connectivity index (χ0n) is 12.5. The van der Waals surface area contributed by atoms with E-state index in [1.165, 1.54) is 6.54 Å². The minimum atomic E-state index is -0.630. The molecule has 110 valence electrons. The molecule has 0 aromatic rings. The van der Waals surface area contributed by atoms with Gasteiger partial charge in [0.1, 0.15) is 6.04 Å². The first-order valence-corrected chi connectivity index (χ1v) is 7.70. The smallest absolute Gasteiger partial charge is 0.321 e. The van der Waals surface area contributed by atoms with Crippen LogP contribution in [0.2, 0.25) is 0 Å². The molecule has 19 heavy (non-hydrogen) atoms. The van der Waals surface area contributed by atoms with Crippen LogP contribution in [-0.4, -0.2) is 59.1 Å². The molecule has 0 radical (unpaired) electrons. The summed E-state index contributed by atoms with van der Waals surface area (Å²) in [5.74, 6) is 0.385. The van der Waals surface area contributed by atoms with Crippen LogP contribution in [-0.2, 0) is 4.79 Å². The molecule has 0 bridgehead atoms. The summed E-state index contributed by atoms with van der Waals surface area (Å²) in [5.41, 5.74) is 0. The van der Waals surface area contributed by atoms with E-state index in [-0.39, 0.29) is 6.04 Å². The summed E-state index contributed by atoms with van der Waals surface area (Å²) in [7, 11) is 0. The molecule has 4 nitrogen and oxygen atoms in total. The first-order chi connectivity index (χ1) is 8.99. The number of hydrogen-bond donors (Lipinski definition) is 1. The van der Waals surface area contributed by atoms with Crippen LogP contribution in [0.25, 0.3) is 0 Å². The highest BCUT2D eigenvalue weighted by Gasteiger charge is 2.40. The molecule has 2 heterocycles. The Balaban J connectivity index is 1.89. The number of carboxylic acid groups (broad SMARTS) is 1. The van der Waals surface area contributed by atoms with E-state index in [1.54, 1.807) is 0 Å². The number of carboxylic acids is 1. The Kier molecular flexibility index (Phi) is 4.85. The highest BCUT2D eigenvalue weighted by Crippen LogP contribution is 2.30. The van der Waals surface area contributed by atoms with E-state index in [4.69, 9.17) is 0 Å². The number of carbonyl (C=O) groups is 1. The summed E-state index contributed by atoms with van der Waals surface area (Å²) in [6, 6.07) is 0.233. The van der Waals surface area contributed by atoms with Crippen LogP contribution >= 0.6 is 0 Å². The Labute approximate surface area is 116 Å². The predicted octanol–water partition coefficient (Wildman–Crippen LogP) is 1.90. The molecule has 4 heteroatoms. The van der Waals surface area contributed by atoms with Crippen molar-refractivity contribution in [1.29, 1.82) is 0 Å². The van der Waals surface area contributed by atoms with Crippen molar-refractivity contribution < 1.29 is 9.90 Å². The van der Waals surface area contributed by atoms with Gasteiger partial charge in [0.05, 0.1) is 0 Å². The molecule has 2 fully saturated rings. The number of nitrogens with zero attached hydrogens (tertiary/aromatic N) is 2. The van der Waals surface area contributed by atoms with Crippen molar-refractivity contribution in [2.75, 3.05) is 26.2 Å². The molecule has 2 aliphatic heterocycles. The van der Waals surface area contributed by atoms with Gasteiger partial charge in [-0.05, 0) is 50.7 Å². The van der Waals surface area contributed by atoms with Crippen LogP contribution in [0.15, 0.2) is 0 Å². The molecule has 0 spiro atoms. The van der Waals surface area contributed by atoms with Crippen molar-refractivity contribution in [3.8, 4) is 0 Å². The Morgan fingerprint density at radius 1 is 1.21 bits per heavy atom. The van der Waals surface area contributed by atoms with Gasteiger partial charge in [-0.3, -0.25) is 9.69 Å². The molecule has 2 atom stereocenters. The molecule has 2 rings (SSSR count). The van der Waals surface area contributed by atoms with Crippen LogP contribution in [0, 0.1) is 11.8 Å². The van der Waals surface area contributed by atoms with Gasteiger partial charge in [-0.1, -0.05) is 20.8 Å². The lowest BCUT2D eigenvalue weighted by Gasteiger charge is -2.39. The fourth-order valence-corrected chi connectivity index (χ4v) is 3.72. The van der Waals surface area contributed by atoms with E-state index in [9.17, 15) is 9.90 Å². The Bertz CT molecular complexity index is 311. The molecule has 0 saturated carbocycles. The van der Waals surface area contributed by atoms with Crippen LogP contribution in [0.5, 0.6) is 0 Å². The fourth-order valence-electron chi connectivity index (χ4n) is 3.72. The van der Waals surface area contributed by atoms with Crippen molar-refractivity contribution in [2.45, 2.75) is 52.1 Å². The van der Waals surface area contributed by atoms with Gasteiger partial charge < -0.3 is 10.0 Å². The number of hydrogen-bond acceptors (Lipinski definition) is 3. The van der Waals surface area contributed by atoms with Gasteiger partial charge in [-0.2, -0.15) is 0 Å². The SMILES string of the molecule is CC(C)CN1CCC(N2CCC(C)C2C(=O)O)CC1. The molecule has 0 amide bonds. The lowest BCUT2D eigenvalue weighted by atomic mass is 9.98. The van der Waals surface area contributed by atoms with Crippen molar-refractivity contribution in [1.82, 2.24) is 9.80 Å². The lowest BCUT2D eigenvalue weighted by molar-refractivity contribution is -0.144. The number of rotatable bonds is 4. The number of piperidine rings is 1. The minimum absolute atomic E-state index is 0.248. The lowest BCUT2D eigenvalue weighted by Crippen LogP contribution is -2.50. The summed E-state index contributed by atoms with van der Waals surface area (Å²) in [4.78, 5) is 16.2. The minimum Gasteiger partial charge on any atom is -0.480 e. The average molecular weight is 268 g/mol. The van der Waals surface area contributed by atoms with Crippen molar-refractivity contribution in [2.24, 2.45) is 11.8 Å². The molecule has 1 N–H and O–H groups in total. The maximum atomic E-state index is 11.4. The van der Waals surface area contributed by atoms with Gasteiger partial charge in [0.15, 0.2) is 0 Å². The molecule has 0 aromatic carbocycles. The monoisotopic (exact) mass is 268 g/mol. The topological polar surface area (TPSA) is 43.8 Å². The third-order valence-corrected chi connectivity index (χ3v) is 4.64. The zero-order valence-corrected chi connectivity index (χ0v) is 12.5.